The Labute approximate surface area is 162 Å². The van der Waals surface area contributed by atoms with E-state index in [1.807, 2.05) is 31.4 Å². The fourth-order valence-electron chi connectivity index (χ4n) is 3.75. The molecule has 1 amide bonds. The number of halogens is 2. The lowest BCUT2D eigenvalue weighted by Gasteiger charge is -2.28. The maximum absolute atomic E-state index is 13.3. The van der Waals surface area contributed by atoms with Crippen LogP contribution in [0.3, 0.4) is 0 Å². The Morgan fingerprint density at radius 2 is 2.16 bits per heavy atom. The molecule has 25 heavy (non-hydrogen) atoms. The molecule has 3 rings (SSSR count). The van der Waals surface area contributed by atoms with Crippen molar-refractivity contribution in [3.05, 3.63) is 33.0 Å². The largest absolute Gasteiger partial charge is 0.333 e. The summed E-state index contributed by atoms with van der Waals surface area (Å²) in [6, 6.07) is 3.65. The van der Waals surface area contributed by atoms with E-state index in [2.05, 4.69) is 0 Å². The number of carbonyl (C=O) groups is 1. The van der Waals surface area contributed by atoms with Crippen LogP contribution < -0.4 is 0 Å². The Kier molecular flexibility index (Phi) is 5.28. The summed E-state index contributed by atoms with van der Waals surface area (Å²) >= 11 is 13.2. The Morgan fingerprint density at radius 3 is 2.68 bits per heavy atom. The molecule has 0 aromatic carbocycles. The number of carbonyl (C=O) groups excluding carboxylic acids is 1. The summed E-state index contributed by atoms with van der Waals surface area (Å²) in [7, 11) is -3.06. The molecule has 1 aromatic heterocycles. The van der Waals surface area contributed by atoms with Crippen LogP contribution in [0.2, 0.25) is 0 Å². The summed E-state index contributed by atoms with van der Waals surface area (Å²) in [4.78, 5) is 16.1. The molecule has 1 aromatic rings. The number of thiophene rings is 1. The first-order valence-corrected chi connectivity index (χ1v) is 11.6. The molecule has 4 nitrogen and oxygen atoms in total. The van der Waals surface area contributed by atoms with E-state index < -0.39 is 9.84 Å². The molecule has 2 heterocycles. The van der Waals surface area contributed by atoms with Crippen LogP contribution in [0.4, 0.5) is 0 Å². The van der Waals surface area contributed by atoms with Crippen LogP contribution in [0.15, 0.2) is 28.1 Å². The second kappa shape index (κ2) is 6.87. The average molecular weight is 422 g/mol. The molecular formula is C17H21Cl2NO3S2. The number of nitrogens with zero attached hydrogens (tertiary/aromatic N) is 1. The Balaban J connectivity index is 1.84. The zero-order chi connectivity index (χ0) is 18.4. The quantitative estimate of drug-likeness (QED) is 0.724. The van der Waals surface area contributed by atoms with Crippen molar-refractivity contribution in [2.75, 3.05) is 11.5 Å². The van der Waals surface area contributed by atoms with Crippen LogP contribution in [0.1, 0.15) is 25.1 Å². The molecule has 1 aliphatic carbocycles. The average Bonchev–Trinajstić information content (AvgIpc) is 2.93. The van der Waals surface area contributed by atoms with E-state index in [0.29, 0.717) is 13.0 Å². The van der Waals surface area contributed by atoms with Gasteiger partial charge < -0.3 is 4.90 Å². The molecule has 0 bridgehead atoms. The molecule has 0 spiro atoms. The van der Waals surface area contributed by atoms with Gasteiger partial charge in [0.25, 0.3) is 0 Å². The predicted molar refractivity (Wildman–Crippen MR) is 102 cm³/mol. The van der Waals surface area contributed by atoms with E-state index in [1.165, 1.54) is 0 Å². The SMILES string of the molecule is CC1(C)C(C=C(Cl)Cl)C1C(=O)N(Cc1cccs1)C1CCS(=O)(=O)C1. The van der Waals surface area contributed by atoms with Gasteiger partial charge in [0, 0.05) is 10.9 Å². The number of hydrogen-bond acceptors (Lipinski definition) is 4. The Hall–Kier alpha value is -0.560. The van der Waals surface area contributed by atoms with Crippen molar-refractivity contribution >= 4 is 50.3 Å². The molecule has 8 heteroatoms. The highest BCUT2D eigenvalue weighted by Crippen LogP contribution is 2.60. The van der Waals surface area contributed by atoms with Gasteiger partial charge >= 0.3 is 0 Å². The van der Waals surface area contributed by atoms with Crippen molar-refractivity contribution < 1.29 is 13.2 Å². The topological polar surface area (TPSA) is 54.5 Å². The van der Waals surface area contributed by atoms with Gasteiger partial charge in [-0.1, -0.05) is 43.1 Å². The van der Waals surface area contributed by atoms with Gasteiger partial charge in [-0.05, 0) is 35.3 Å². The van der Waals surface area contributed by atoms with Crippen LogP contribution in [-0.4, -0.2) is 36.8 Å². The number of sulfone groups is 1. The third kappa shape index (κ3) is 4.07. The number of rotatable bonds is 5. The third-order valence-electron chi connectivity index (χ3n) is 5.32. The lowest BCUT2D eigenvalue weighted by Crippen LogP contribution is -2.42. The van der Waals surface area contributed by atoms with Crippen molar-refractivity contribution in [2.45, 2.75) is 32.9 Å². The maximum Gasteiger partial charge on any atom is 0.227 e. The van der Waals surface area contributed by atoms with Crippen LogP contribution >= 0.6 is 34.5 Å². The standard InChI is InChI=1S/C17H21Cl2NO3S2/c1-17(2)13(8-14(18)19)15(17)16(21)20(9-12-4-3-6-24-12)11-5-7-25(22,23)10-11/h3-4,6,8,11,13,15H,5,7,9-10H2,1-2H3. The molecule has 138 valence electrons. The molecule has 0 N–H and O–H groups in total. The summed E-state index contributed by atoms with van der Waals surface area (Å²) in [5, 5.41) is 1.96. The van der Waals surface area contributed by atoms with Gasteiger partial charge in [-0.2, -0.15) is 0 Å². The molecule has 2 fully saturated rings. The van der Waals surface area contributed by atoms with E-state index in [9.17, 15) is 13.2 Å². The van der Waals surface area contributed by atoms with Crippen molar-refractivity contribution in [1.82, 2.24) is 4.90 Å². The van der Waals surface area contributed by atoms with E-state index in [-0.39, 0.29) is 45.2 Å². The molecule has 2 aliphatic rings. The van der Waals surface area contributed by atoms with Gasteiger partial charge in [-0.3, -0.25) is 4.79 Å². The highest BCUT2D eigenvalue weighted by molar-refractivity contribution is 7.91. The molecule has 3 atom stereocenters. The third-order valence-corrected chi connectivity index (χ3v) is 8.18. The highest BCUT2D eigenvalue weighted by Gasteiger charge is 2.62. The first-order chi connectivity index (χ1) is 11.6. The number of amides is 1. The van der Waals surface area contributed by atoms with E-state index >= 15 is 0 Å². The lowest BCUT2D eigenvalue weighted by atomic mass is 10.1. The summed E-state index contributed by atoms with van der Waals surface area (Å²) in [5.74, 6) is -0.0430. The zero-order valence-corrected chi connectivity index (χ0v) is 17.3. The summed E-state index contributed by atoms with van der Waals surface area (Å²) in [6.45, 7) is 4.48. The maximum atomic E-state index is 13.3. The van der Waals surface area contributed by atoms with Gasteiger partial charge in [-0.25, -0.2) is 8.42 Å². The van der Waals surface area contributed by atoms with Crippen LogP contribution in [-0.2, 0) is 21.2 Å². The fraction of sp³-hybridized carbons (Fsp3) is 0.588. The van der Waals surface area contributed by atoms with Crippen molar-refractivity contribution in [3.8, 4) is 0 Å². The van der Waals surface area contributed by atoms with Gasteiger partial charge in [0.2, 0.25) is 5.91 Å². The number of hydrogen-bond donors (Lipinski definition) is 0. The Bertz CT molecular complexity index is 783. The van der Waals surface area contributed by atoms with Crippen molar-refractivity contribution in [2.24, 2.45) is 17.3 Å². The predicted octanol–water partition coefficient (Wildman–Crippen LogP) is 3.86. The smallest absolute Gasteiger partial charge is 0.227 e. The summed E-state index contributed by atoms with van der Waals surface area (Å²) in [5.41, 5.74) is -0.225. The second-order valence-electron chi connectivity index (χ2n) is 7.38. The van der Waals surface area contributed by atoms with Crippen LogP contribution in [0.25, 0.3) is 0 Å². The molecule has 1 saturated carbocycles. The van der Waals surface area contributed by atoms with E-state index in [4.69, 9.17) is 23.2 Å². The minimum absolute atomic E-state index is 0.00340. The summed E-state index contributed by atoms with van der Waals surface area (Å²) < 4.78 is 24.0. The molecule has 0 radical (unpaired) electrons. The van der Waals surface area contributed by atoms with Crippen molar-refractivity contribution in [1.29, 1.82) is 0 Å². The van der Waals surface area contributed by atoms with Gasteiger partial charge in [0.1, 0.15) is 4.49 Å². The minimum Gasteiger partial charge on any atom is -0.333 e. The normalized spacial score (nSPS) is 29.2. The molecular weight excluding hydrogens is 401 g/mol. The summed E-state index contributed by atoms with van der Waals surface area (Å²) in [6.07, 6.45) is 2.23. The first-order valence-electron chi connectivity index (χ1n) is 8.18. The van der Waals surface area contributed by atoms with E-state index in [0.717, 1.165) is 4.88 Å². The molecule has 1 aliphatic heterocycles. The van der Waals surface area contributed by atoms with Gasteiger partial charge in [-0.15, -0.1) is 11.3 Å². The van der Waals surface area contributed by atoms with Crippen LogP contribution in [0.5, 0.6) is 0 Å². The zero-order valence-electron chi connectivity index (χ0n) is 14.1. The van der Waals surface area contributed by atoms with Gasteiger partial charge in [0.05, 0.1) is 24.0 Å². The lowest BCUT2D eigenvalue weighted by molar-refractivity contribution is -0.136. The van der Waals surface area contributed by atoms with Gasteiger partial charge in [0.15, 0.2) is 9.84 Å². The number of allylic oxidation sites excluding steroid dienone is 1. The molecule has 3 unspecified atom stereocenters. The highest BCUT2D eigenvalue weighted by atomic mass is 35.5. The first kappa shape index (κ1) is 19.2. The second-order valence-corrected chi connectivity index (χ2v) is 11.7. The van der Waals surface area contributed by atoms with E-state index in [1.54, 1.807) is 22.3 Å². The minimum atomic E-state index is -3.06. The Morgan fingerprint density at radius 1 is 1.44 bits per heavy atom. The fourth-order valence-corrected chi connectivity index (χ4v) is 6.46. The molecule has 1 saturated heterocycles. The van der Waals surface area contributed by atoms with Crippen LogP contribution in [0, 0.1) is 17.3 Å². The van der Waals surface area contributed by atoms with Crippen molar-refractivity contribution in [3.63, 3.8) is 0 Å². The monoisotopic (exact) mass is 421 g/mol.